The lowest BCUT2D eigenvalue weighted by atomic mass is 10.0. The quantitative estimate of drug-likeness (QED) is 0.453. The van der Waals surface area contributed by atoms with E-state index in [0.29, 0.717) is 5.02 Å². The van der Waals surface area contributed by atoms with Gasteiger partial charge >= 0.3 is 0 Å². The van der Waals surface area contributed by atoms with Gasteiger partial charge in [0.05, 0.1) is 11.6 Å². The van der Waals surface area contributed by atoms with E-state index in [1.165, 1.54) is 36.8 Å². The lowest BCUT2D eigenvalue weighted by molar-refractivity contribution is 0.306. The first-order chi connectivity index (χ1) is 11.2. The first kappa shape index (κ1) is 17.9. The summed E-state index contributed by atoms with van der Waals surface area (Å²) in [7, 11) is 0. The third-order valence-electron chi connectivity index (χ3n) is 4.04. The van der Waals surface area contributed by atoms with Crippen LogP contribution in [0, 0.1) is 0 Å². The minimum Gasteiger partial charge on any atom is -0.492 e. The second-order valence-corrected chi connectivity index (χ2v) is 6.41. The van der Waals surface area contributed by atoms with Crippen LogP contribution in [0.2, 0.25) is 5.02 Å². The Hall–Kier alpha value is -1.47. The monoisotopic (exact) mass is 330 g/mol. The topological polar surface area (TPSA) is 9.23 Å². The lowest BCUT2D eigenvalue weighted by Gasteiger charge is -2.10. The molecule has 0 fully saturated rings. The molecule has 2 aromatic carbocycles. The van der Waals surface area contributed by atoms with Gasteiger partial charge in [-0.3, -0.25) is 0 Å². The highest BCUT2D eigenvalue weighted by molar-refractivity contribution is 6.32. The molecular formula is C21H27ClO. The van der Waals surface area contributed by atoms with Crippen LogP contribution < -0.4 is 4.74 Å². The number of aryl methyl sites for hydroxylation is 1. The van der Waals surface area contributed by atoms with Crippen LogP contribution in [0.4, 0.5) is 0 Å². The van der Waals surface area contributed by atoms with E-state index in [4.69, 9.17) is 16.3 Å². The van der Waals surface area contributed by atoms with Gasteiger partial charge in [0.1, 0.15) is 5.75 Å². The van der Waals surface area contributed by atoms with Gasteiger partial charge in [-0.1, -0.05) is 75.0 Å². The van der Waals surface area contributed by atoms with Gasteiger partial charge in [0.25, 0.3) is 0 Å². The van der Waals surface area contributed by atoms with Crippen LogP contribution in [-0.4, -0.2) is 6.61 Å². The van der Waals surface area contributed by atoms with Crippen molar-refractivity contribution in [3.63, 3.8) is 0 Å². The highest BCUT2D eigenvalue weighted by Gasteiger charge is 2.05. The van der Waals surface area contributed by atoms with Crippen molar-refractivity contribution in [1.29, 1.82) is 0 Å². The molecule has 0 unspecified atom stereocenters. The average Bonchev–Trinajstić information content (AvgIpc) is 2.58. The van der Waals surface area contributed by atoms with Gasteiger partial charge in [-0.05, 0) is 48.1 Å². The van der Waals surface area contributed by atoms with Crippen molar-refractivity contribution in [2.24, 2.45) is 0 Å². The molecule has 0 atom stereocenters. The molecule has 0 aliphatic heterocycles. The van der Waals surface area contributed by atoms with Crippen molar-refractivity contribution in [3.05, 3.63) is 53.1 Å². The summed E-state index contributed by atoms with van der Waals surface area (Å²) in [6, 6.07) is 14.9. The van der Waals surface area contributed by atoms with Crippen molar-refractivity contribution >= 4 is 11.6 Å². The molecule has 0 amide bonds. The summed E-state index contributed by atoms with van der Waals surface area (Å²) >= 11 is 6.37. The van der Waals surface area contributed by atoms with Crippen molar-refractivity contribution in [2.75, 3.05) is 6.61 Å². The summed E-state index contributed by atoms with van der Waals surface area (Å²) in [4.78, 5) is 0. The Morgan fingerprint density at radius 3 is 2.17 bits per heavy atom. The van der Waals surface area contributed by atoms with E-state index in [-0.39, 0.29) is 0 Å². The van der Waals surface area contributed by atoms with E-state index in [0.717, 1.165) is 30.8 Å². The summed E-state index contributed by atoms with van der Waals surface area (Å²) in [5.41, 5.74) is 3.74. The molecule has 0 aliphatic rings. The second-order valence-electron chi connectivity index (χ2n) is 6.00. The molecule has 0 bridgehead atoms. The zero-order valence-corrected chi connectivity index (χ0v) is 15.0. The van der Waals surface area contributed by atoms with Gasteiger partial charge in [0.15, 0.2) is 0 Å². The SMILES string of the molecule is CCCCCOc1ccc(-c2ccc(CCCC)cc2)cc1Cl. The molecule has 23 heavy (non-hydrogen) atoms. The maximum Gasteiger partial charge on any atom is 0.137 e. The smallest absolute Gasteiger partial charge is 0.137 e. The fourth-order valence-electron chi connectivity index (χ4n) is 2.58. The maximum atomic E-state index is 6.37. The van der Waals surface area contributed by atoms with Crippen molar-refractivity contribution in [3.8, 4) is 16.9 Å². The molecule has 0 radical (unpaired) electrons. The third kappa shape index (κ3) is 5.58. The van der Waals surface area contributed by atoms with Gasteiger partial charge in [0.2, 0.25) is 0 Å². The van der Waals surface area contributed by atoms with E-state index in [9.17, 15) is 0 Å². The van der Waals surface area contributed by atoms with Crippen molar-refractivity contribution in [2.45, 2.75) is 52.4 Å². The molecule has 0 heterocycles. The third-order valence-corrected chi connectivity index (χ3v) is 4.34. The van der Waals surface area contributed by atoms with Crippen LogP contribution in [0.25, 0.3) is 11.1 Å². The van der Waals surface area contributed by atoms with Crippen LogP contribution in [0.1, 0.15) is 51.5 Å². The minimum absolute atomic E-state index is 0.689. The summed E-state index contributed by atoms with van der Waals surface area (Å²) in [6.07, 6.45) is 7.10. The molecule has 2 rings (SSSR count). The van der Waals surface area contributed by atoms with Crippen LogP contribution in [0.5, 0.6) is 5.75 Å². The van der Waals surface area contributed by atoms with E-state index in [1.807, 2.05) is 12.1 Å². The molecule has 0 saturated carbocycles. The van der Waals surface area contributed by atoms with Gasteiger partial charge in [-0.25, -0.2) is 0 Å². The van der Waals surface area contributed by atoms with E-state index in [1.54, 1.807) is 0 Å². The summed E-state index contributed by atoms with van der Waals surface area (Å²) in [6.45, 7) is 5.15. The predicted octanol–water partition coefficient (Wildman–Crippen LogP) is 6.92. The highest BCUT2D eigenvalue weighted by Crippen LogP contribution is 2.30. The van der Waals surface area contributed by atoms with E-state index < -0.39 is 0 Å². The first-order valence-corrected chi connectivity index (χ1v) is 9.14. The number of benzene rings is 2. The summed E-state index contributed by atoms with van der Waals surface area (Å²) in [5.74, 6) is 0.783. The van der Waals surface area contributed by atoms with Gasteiger partial charge in [0, 0.05) is 0 Å². The van der Waals surface area contributed by atoms with Gasteiger partial charge < -0.3 is 4.74 Å². The van der Waals surface area contributed by atoms with Crippen LogP contribution in [0.15, 0.2) is 42.5 Å². The van der Waals surface area contributed by atoms with Crippen molar-refractivity contribution < 1.29 is 4.74 Å². The van der Waals surface area contributed by atoms with Crippen LogP contribution in [0.3, 0.4) is 0 Å². The molecule has 0 saturated heterocycles. The molecule has 0 aliphatic carbocycles. The zero-order valence-electron chi connectivity index (χ0n) is 14.3. The Bertz CT molecular complexity index is 589. The number of hydrogen-bond acceptors (Lipinski definition) is 1. The minimum atomic E-state index is 0.689. The molecule has 0 N–H and O–H groups in total. The fraction of sp³-hybridized carbons (Fsp3) is 0.429. The normalized spacial score (nSPS) is 10.7. The first-order valence-electron chi connectivity index (χ1n) is 8.76. The summed E-state index contributed by atoms with van der Waals surface area (Å²) < 4.78 is 5.76. The average molecular weight is 331 g/mol. The molecular weight excluding hydrogens is 304 g/mol. The number of unbranched alkanes of at least 4 members (excludes halogenated alkanes) is 3. The molecule has 2 heteroatoms. The number of hydrogen-bond donors (Lipinski definition) is 0. The van der Waals surface area contributed by atoms with Gasteiger partial charge in [-0.15, -0.1) is 0 Å². The van der Waals surface area contributed by atoms with E-state index in [2.05, 4.69) is 44.2 Å². The second kappa shape index (κ2) is 9.62. The van der Waals surface area contributed by atoms with Crippen molar-refractivity contribution in [1.82, 2.24) is 0 Å². The predicted molar refractivity (Wildman–Crippen MR) is 101 cm³/mol. The standard InChI is InChI=1S/C21H27ClO/c1-3-5-7-15-23-21-14-13-19(16-20(21)22)18-11-9-17(10-12-18)8-6-4-2/h9-14,16H,3-8,15H2,1-2H3. The Kier molecular flexibility index (Phi) is 7.48. The molecule has 0 aromatic heterocycles. The van der Waals surface area contributed by atoms with Crippen LogP contribution >= 0.6 is 11.6 Å². The summed E-state index contributed by atoms with van der Waals surface area (Å²) in [5, 5.41) is 0.689. The molecule has 124 valence electrons. The Labute approximate surface area is 145 Å². The Morgan fingerprint density at radius 1 is 0.826 bits per heavy atom. The lowest BCUT2D eigenvalue weighted by Crippen LogP contribution is -1.97. The highest BCUT2D eigenvalue weighted by atomic mass is 35.5. The maximum absolute atomic E-state index is 6.37. The number of ether oxygens (including phenoxy) is 1. The largest absolute Gasteiger partial charge is 0.492 e. The molecule has 1 nitrogen and oxygen atoms in total. The van der Waals surface area contributed by atoms with Crippen LogP contribution in [-0.2, 0) is 6.42 Å². The number of rotatable bonds is 9. The van der Waals surface area contributed by atoms with Gasteiger partial charge in [-0.2, -0.15) is 0 Å². The Morgan fingerprint density at radius 2 is 1.52 bits per heavy atom. The molecule has 2 aromatic rings. The zero-order chi connectivity index (χ0) is 16.5. The fourth-order valence-corrected chi connectivity index (χ4v) is 2.81. The van der Waals surface area contributed by atoms with E-state index >= 15 is 0 Å². The number of halogens is 1. The Balaban J connectivity index is 2.01. The molecule has 0 spiro atoms.